The fourth-order valence-electron chi connectivity index (χ4n) is 1.90. The van der Waals surface area contributed by atoms with E-state index in [1.54, 1.807) is 0 Å². The van der Waals surface area contributed by atoms with Crippen LogP contribution in [0.1, 0.15) is 28.4 Å². The molecular weight excluding hydrogens is 286 g/mol. The molecule has 2 nitrogen and oxygen atoms in total. The van der Waals surface area contributed by atoms with Gasteiger partial charge in [-0.05, 0) is 35.4 Å². The second kappa shape index (κ2) is 5.54. The first-order chi connectivity index (χ1) is 9.82. The molecule has 0 saturated heterocycles. The standard InChI is InChI=1S/C15H9F4NO/c16-13-7-11(4-5-12(13)15(17,18)19)14(21)10-3-1-2-9(6-10)8-20/h1-7,14,21H. The molecular formula is C15H9F4NO. The zero-order valence-corrected chi connectivity index (χ0v) is 10.5. The predicted octanol–water partition coefficient (Wildman–Crippen LogP) is 3.80. The third-order valence-electron chi connectivity index (χ3n) is 2.95. The molecule has 0 aliphatic carbocycles. The van der Waals surface area contributed by atoms with Gasteiger partial charge >= 0.3 is 6.18 Å². The summed E-state index contributed by atoms with van der Waals surface area (Å²) in [7, 11) is 0. The summed E-state index contributed by atoms with van der Waals surface area (Å²) < 4.78 is 50.9. The van der Waals surface area contributed by atoms with Gasteiger partial charge in [-0.2, -0.15) is 18.4 Å². The summed E-state index contributed by atoms with van der Waals surface area (Å²) in [5.41, 5.74) is -0.813. The fourth-order valence-corrected chi connectivity index (χ4v) is 1.90. The van der Waals surface area contributed by atoms with Crippen molar-refractivity contribution in [3.05, 3.63) is 70.5 Å². The predicted molar refractivity (Wildman–Crippen MR) is 66.6 cm³/mol. The molecule has 0 fully saturated rings. The summed E-state index contributed by atoms with van der Waals surface area (Å²) >= 11 is 0. The number of aliphatic hydroxyl groups is 1. The van der Waals surface area contributed by atoms with E-state index in [9.17, 15) is 22.7 Å². The van der Waals surface area contributed by atoms with Gasteiger partial charge in [0.05, 0.1) is 17.2 Å². The molecule has 0 radical (unpaired) electrons. The molecule has 0 saturated carbocycles. The summed E-state index contributed by atoms with van der Waals surface area (Å²) in [6, 6.07) is 10.1. The van der Waals surface area contributed by atoms with Crippen molar-refractivity contribution in [3.8, 4) is 6.07 Å². The van der Waals surface area contributed by atoms with Crippen LogP contribution in [-0.2, 0) is 6.18 Å². The third-order valence-corrected chi connectivity index (χ3v) is 2.95. The zero-order valence-electron chi connectivity index (χ0n) is 10.5. The Bertz CT molecular complexity index is 704. The number of rotatable bonds is 2. The summed E-state index contributed by atoms with van der Waals surface area (Å²) in [6.45, 7) is 0. The molecule has 0 heterocycles. The number of aliphatic hydroxyl groups excluding tert-OH is 1. The number of halogens is 4. The highest BCUT2D eigenvalue weighted by Gasteiger charge is 2.34. The Morgan fingerprint density at radius 2 is 1.71 bits per heavy atom. The van der Waals surface area contributed by atoms with Gasteiger partial charge in [-0.1, -0.05) is 18.2 Å². The Kier molecular flexibility index (Phi) is 3.96. The van der Waals surface area contributed by atoms with E-state index in [0.717, 1.165) is 6.07 Å². The highest BCUT2D eigenvalue weighted by atomic mass is 19.4. The maximum atomic E-state index is 13.5. The van der Waals surface area contributed by atoms with Crippen molar-refractivity contribution in [1.82, 2.24) is 0 Å². The van der Waals surface area contributed by atoms with Gasteiger partial charge in [-0.25, -0.2) is 4.39 Å². The lowest BCUT2D eigenvalue weighted by atomic mass is 9.98. The van der Waals surface area contributed by atoms with Crippen LogP contribution in [0, 0.1) is 17.1 Å². The van der Waals surface area contributed by atoms with Crippen molar-refractivity contribution in [1.29, 1.82) is 5.26 Å². The molecule has 108 valence electrons. The van der Waals surface area contributed by atoms with Crippen LogP contribution in [0.5, 0.6) is 0 Å². The van der Waals surface area contributed by atoms with Crippen molar-refractivity contribution in [2.24, 2.45) is 0 Å². The molecule has 0 amide bonds. The summed E-state index contributed by atoms with van der Waals surface area (Å²) in [6.07, 6.45) is -6.09. The Morgan fingerprint density at radius 1 is 1.05 bits per heavy atom. The maximum Gasteiger partial charge on any atom is 0.419 e. The lowest BCUT2D eigenvalue weighted by Crippen LogP contribution is -2.09. The topological polar surface area (TPSA) is 44.0 Å². The lowest BCUT2D eigenvalue weighted by molar-refractivity contribution is -0.140. The smallest absolute Gasteiger partial charge is 0.384 e. The van der Waals surface area contributed by atoms with Crippen LogP contribution in [-0.4, -0.2) is 5.11 Å². The largest absolute Gasteiger partial charge is 0.419 e. The van der Waals surface area contributed by atoms with Crippen molar-refractivity contribution in [2.45, 2.75) is 12.3 Å². The Labute approximate surface area is 117 Å². The van der Waals surface area contributed by atoms with Crippen LogP contribution < -0.4 is 0 Å². The minimum atomic E-state index is -4.78. The first kappa shape index (κ1) is 15.0. The molecule has 0 bridgehead atoms. The second-order valence-corrected chi connectivity index (χ2v) is 4.38. The van der Waals surface area contributed by atoms with Gasteiger partial charge in [-0.15, -0.1) is 0 Å². The van der Waals surface area contributed by atoms with Gasteiger partial charge in [0.1, 0.15) is 11.9 Å². The molecule has 0 aliphatic rings. The van der Waals surface area contributed by atoms with E-state index < -0.39 is 23.7 Å². The summed E-state index contributed by atoms with van der Waals surface area (Å²) in [5, 5.41) is 18.8. The number of hydrogen-bond donors (Lipinski definition) is 1. The average molecular weight is 295 g/mol. The second-order valence-electron chi connectivity index (χ2n) is 4.38. The lowest BCUT2D eigenvalue weighted by Gasteiger charge is -2.14. The third kappa shape index (κ3) is 3.20. The molecule has 1 N–H and O–H groups in total. The number of nitrogens with zero attached hydrogens (tertiary/aromatic N) is 1. The SMILES string of the molecule is N#Cc1cccc(C(O)c2ccc(C(F)(F)F)c(F)c2)c1. The minimum absolute atomic E-state index is 0.0180. The van der Waals surface area contributed by atoms with Crippen LogP contribution in [0.15, 0.2) is 42.5 Å². The Balaban J connectivity index is 2.38. The van der Waals surface area contributed by atoms with Gasteiger partial charge in [0.2, 0.25) is 0 Å². The quantitative estimate of drug-likeness (QED) is 0.856. The van der Waals surface area contributed by atoms with Crippen molar-refractivity contribution in [3.63, 3.8) is 0 Å². The summed E-state index contributed by atoms with van der Waals surface area (Å²) in [4.78, 5) is 0. The van der Waals surface area contributed by atoms with Gasteiger partial charge in [0, 0.05) is 0 Å². The molecule has 21 heavy (non-hydrogen) atoms. The molecule has 0 aliphatic heterocycles. The summed E-state index contributed by atoms with van der Waals surface area (Å²) in [5.74, 6) is -1.45. The molecule has 0 aromatic heterocycles. The van der Waals surface area contributed by atoms with E-state index in [4.69, 9.17) is 5.26 Å². The van der Waals surface area contributed by atoms with E-state index in [0.29, 0.717) is 23.3 Å². The van der Waals surface area contributed by atoms with Crippen LogP contribution in [0.25, 0.3) is 0 Å². The van der Waals surface area contributed by atoms with E-state index in [1.165, 1.54) is 24.3 Å². The number of nitriles is 1. The van der Waals surface area contributed by atoms with Gasteiger partial charge in [0.25, 0.3) is 0 Å². The molecule has 6 heteroatoms. The van der Waals surface area contributed by atoms with Crippen LogP contribution in [0.3, 0.4) is 0 Å². The van der Waals surface area contributed by atoms with Crippen molar-refractivity contribution in [2.75, 3.05) is 0 Å². The average Bonchev–Trinajstić information content (AvgIpc) is 2.45. The minimum Gasteiger partial charge on any atom is -0.384 e. The van der Waals surface area contributed by atoms with E-state index in [2.05, 4.69) is 0 Å². The molecule has 2 aromatic carbocycles. The molecule has 1 atom stereocenters. The van der Waals surface area contributed by atoms with Crippen molar-refractivity contribution < 1.29 is 22.7 Å². The first-order valence-electron chi connectivity index (χ1n) is 5.87. The molecule has 0 spiro atoms. The van der Waals surface area contributed by atoms with Gasteiger partial charge < -0.3 is 5.11 Å². The normalized spacial score (nSPS) is 12.8. The van der Waals surface area contributed by atoms with Crippen LogP contribution in [0.4, 0.5) is 17.6 Å². The Hall–Kier alpha value is -2.39. The molecule has 1 unspecified atom stereocenters. The molecule has 2 rings (SSSR count). The van der Waals surface area contributed by atoms with E-state index in [-0.39, 0.29) is 5.56 Å². The van der Waals surface area contributed by atoms with Crippen LogP contribution >= 0.6 is 0 Å². The maximum absolute atomic E-state index is 13.5. The van der Waals surface area contributed by atoms with Gasteiger partial charge in [-0.3, -0.25) is 0 Å². The van der Waals surface area contributed by atoms with E-state index >= 15 is 0 Å². The molecule has 2 aromatic rings. The van der Waals surface area contributed by atoms with Crippen LogP contribution in [0.2, 0.25) is 0 Å². The first-order valence-corrected chi connectivity index (χ1v) is 5.87. The number of benzene rings is 2. The monoisotopic (exact) mass is 295 g/mol. The number of alkyl halides is 3. The van der Waals surface area contributed by atoms with E-state index in [1.807, 2.05) is 6.07 Å². The Morgan fingerprint density at radius 3 is 2.29 bits per heavy atom. The highest BCUT2D eigenvalue weighted by molar-refractivity contribution is 5.38. The number of hydrogen-bond acceptors (Lipinski definition) is 2. The zero-order chi connectivity index (χ0) is 15.6. The fraction of sp³-hybridized carbons (Fsp3) is 0.133. The van der Waals surface area contributed by atoms with Crippen molar-refractivity contribution >= 4 is 0 Å². The van der Waals surface area contributed by atoms with Gasteiger partial charge in [0.15, 0.2) is 0 Å². The highest BCUT2D eigenvalue weighted by Crippen LogP contribution is 2.33.